The number of ketones is 2. The van der Waals surface area contributed by atoms with Crippen molar-refractivity contribution in [2.75, 3.05) is 0 Å². The Morgan fingerprint density at radius 2 is 0.811 bits per heavy atom. The lowest BCUT2D eigenvalue weighted by atomic mass is 9.99. The zero-order valence-corrected chi connectivity index (χ0v) is 21.4. The minimum atomic E-state index is 0.0679. The fourth-order valence-electron chi connectivity index (χ4n) is 3.97. The van der Waals surface area contributed by atoms with Crippen LogP contribution in [0.1, 0.15) is 48.5 Å². The van der Waals surface area contributed by atoms with Crippen molar-refractivity contribution in [2.24, 2.45) is 0 Å². The van der Waals surface area contributed by atoms with Gasteiger partial charge < -0.3 is 0 Å². The van der Waals surface area contributed by atoms with Gasteiger partial charge in [0.1, 0.15) is 0 Å². The zero-order chi connectivity index (χ0) is 26.2. The molecule has 2 nitrogen and oxygen atoms in total. The quantitative estimate of drug-likeness (QED) is 0.236. The Labute approximate surface area is 219 Å². The lowest BCUT2D eigenvalue weighted by Gasteiger charge is -2.05. The van der Waals surface area contributed by atoms with Crippen molar-refractivity contribution < 1.29 is 9.59 Å². The van der Waals surface area contributed by atoms with E-state index >= 15 is 0 Å². The van der Waals surface area contributed by atoms with Gasteiger partial charge in [-0.1, -0.05) is 138 Å². The van der Waals surface area contributed by atoms with Gasteiger partial charge in [0.05, 0.1) is 0 Å². The van der Waals surface area contributed by atoms with Crippen molar-refractivity contribution in [2.45, 2.75) is 20.8 Å². The van der Waals surface area contributed by atoms with Gasteiger partial charge in [-0.25, -0.2) is 0 Å². The van der Waals surface area contributed by atoms with Crippen LogP contribution in [0.25, 0.3) is 11.1 Å². The van der Waals surface area contributed by atoms with Gasteiger partial charge in [0.25, 0.3) is 0 Å². The first-order valence-corrected chi connectivity index (χ1v) is 12.4. The summed E-state index contributed by atoms with van der Waals surface area (Å²) in [5, 5.41) is 0. The fourth-order valence-corrected chi connectivity index (χ4v) is 3.97. The van der Waals surface area contributed by atoms with Crippen LogP contribution in [0.4, 0.5) is 0 Å². The average Bonchev–Trinajstić information content (AvgIpc) is 2.94. The molecule has 0 aliphatic heterocycles. The van der Waals surface area contributed by atoms with E-state index in [1.54, 1.807) is 0 Å². The molecule has 182 valence electrons. The Morgan fingerprint density at radius 3 is 1.30 bits per heavy atom. The van der Waals surface area contributed by atoms with Crippen LogP contribution in [-0.4, -0.2) is 11.6 Å². The minimum Gasteiger partial charge on any atom is -0.289 e. The molecule has 37 heavy (non-hydrogen) atoms. The third-order valence-corrected chi connectivity index (χ3v) is 6.16. The van der Waals surface area contributed by atoms with Crippen LogP contribution >= 0.6 is 0 Å². The summed E-state index contributed by atoms with van der Waals surface area (Å²) in [7, 11) is 0. The molecule has 0 amide bonds. The zero-order valence-electron chi connectivity index (χ0n) is 21.4. The normalized spacial score (nSPS) is 10.2. The topological polar surface area (TPSA) is 34.1 Å². The molecule has 0 bridgehead atoms. The number of hydrogen-bond acceptors (Lipinski definition) is 2. The molecule has 0 spiro atoms. The average molecular weight is 483 g/mol. The third-order valence-electron chi connectivity index (χ3n) is 6.16. The van der Waals surface area contributed by atoms with E-state index in [2.05, 4.69) is 12.1 Å². The van der Waals surface area contributed by atoms with E-state index in [1.807, 2.05) is 136 Å². The maximum atomic E-state index is 12.4. The molecule has 0 unspecified atom stereocenters. The number of rotatable bonds is 5. The highest BCUT2D eigenvalue weighted by atomic mass is 16.1. The molecule has 0 heterocycles. The molecule has 0 aromatic heterocycles. The van der Waals surface area contributed by atoms with E-state index in [9.17, 15) is 9.59 Å². The van der Waals surface area contributed by atoms with Gasteiger partial charge >= 0.3 is 0 Å². The predicted molar refractivity (Wildman–Crippen MR) is 152 cm³/mol. The molecule has 0 saturated carbocycles. The van der Waals surface area contributed by atoms with Crippen LogP contribution in [0.5, 0.6) is 0 Å². The Bertz CT molecular complexity index is 1430. The van der Waals surface area contributed by atoms with E-state index in [0.29, 0.717) is 0 Å². The molecule has 0 radical (unpaired) electrons. The predicted octanol–water partition coefficient (Wildman–Crippen LogP) is 8.43. The van der Waals surface area contributed by atoms with Crippen molar-refractivity contribution in [3.8, 4) is 11.1 Å². The van der Waals surface area contributed by atoms with Gasteiger partial charge in [-0.2, -0.15) is 0 Å². The van der Waals surface area contributed by atoms with Crippen LogP contribution in [0.15, 0.2) is 127 Å². The standard InChI is InChI=1S/C20H16O.C15H14O/c1-15-6-5-9-19(14-15)20(21)18-12-10-17(11-13-18)16-7-3-2-4-8-16;1-11-3-7-13(8-4-11)15(16)14-9-5-12(2)6-10-14/h2-14H,1H3;3-10H,1-2H3. The van der Waals surface area contributed by atoms with Crippen LogP contribution in [0, 0.1) is 20.8 Å². The van der Waals surface area contributed by atoms with E-state index in [4.69, 9.17) is 0 Å². The molecular weight excluding hydrogens is 452 g/mol. The van der Waals surface area contributed by atoms with Gasteiger partial charge in [0.2, 0.25) is 0 Å². The summed E-state index contributed by atoms with van der Waals surface area (Å²) in [5.74, 6) is 0.151. The Morgan fingerprint density at radius 1 is 0.378 bits per heavy atom. The van der Waals surface area contributed by atoms with Crippen LogP contribution < -0.4 is 0 Å². The summed E-state index contributed by atoms with van der Waals surface area (Å²) < 4.78 is 0. The van der Waals surface area contributed by atoms with Gasteiger partial charge in [0.15, 0.2) is 11.6 Å². The number of carbonyl (C=O) groups excluding carboxylic acids is 2. The minimum absolute atomic E-state index is 0.0679. The number of benzene rings is 5. The van der Waals surface area contributed by atoms with E-state index in [0.717, 1.165) is 38.9 Å². The number of carbonyl (C=O) groups is 2. The SMILES string of the molecule is Cc1ccc(C(=O)c2ccc(C)cc2)cc1.Cc1cccc(C(=O)c2ccc(-c3ccccc3)cc2)c1. The van der Waals surface area contributed by atoms with Crippen LogP contribution in [-0.2, 0) is 0 Å². The van der Waals surface area contributed by atoms with Crippen molar-refractivity contribution in [3.63, 3.8) is 0 Å². The van der Waals surface area contributed by atoms with Crippen LogP contribution in [0.2, 0.25) is 0 Å². The number of aryl methyl sites for hydroxylation is 3. The summed E-state index contributed by atoms with van der Waals surface area (Å²) in [4.78, 5) is 24.5. The molecular formula is C35H30O2. The highest BCUT2D eigenvalue weighted by Gasteiger charge is 2.09. The molecule has 5 aromatic carbocycles. The van der Waals surface area contributed by atoms with E-state index < -0.39 is 0 Å². The molecule has 5 aromatic rings. The maximum absolute atomic E-state index is 12.4. The van der Waals surface area contributed by atoms with Gasteiger partial charge in [0, 0.05) is 22.3 Å². The molecule has 0 aliphatic rings. The smallest absolute Gasteiger partial charge is 0.193 e. The van der Waals surface area contributed by atoms with Gasteiger partial charge in [-0.3, -0.25) is 9.59 Å². The monoisotopic (exact) mass is 482 g/mol. The largest absolute Gasteiger partial charge is 0.289 e. The molecule has 0 atom stereocenters. The van der Waals surface area contributed by atoms with E-state index in [-0.39, 0.29) is 11.6 Å². The second-order valence-electron chi connectivity index (χ2n) is 9.20. The van der Waals surface area contributed by atoms with Crippen LogP contribution in [0.3, 0.4) is 0 Å². The van der Waals surface area contributed by atoms with Crippen molar-refractivity contribution in [3.05, 3.63) is 166 Å². The first-order chi connectivity index (χ1) is 17.9. The first-order valence-electron chi connectivity index (χ1n) is 12.4. The molecule has 5 rings (SSSR count). The van der Waals surface area contributed by atoms with Crippen molar-refractivity contribution in [1.82, 2.24) is 0 Å². The van der Waals surface area contributed by atoms with Gasteiger partial charge in [-0.15, -0.1) is 0 Å². The lowest BCUT2D eigenvalue weighted by Crippen LogP contribution is -2.01. The second-order valence-corrected chi connectivity index (χ2v) is 9.20. The van der Waals surface area contributed by atoms with E-state index in [1.165, 1.54) is 11.1 Å². The fraction of sp³-hybridized carbons (Fsp3) is 0.0857. The number of hydrogen-bond donors (Lipinski definition) is 0. The Hall–Kier alpha value is -4.56. The highest BCUT2D eigenvalue weighted by molar-refractivity contribution is 6.09. The summed E-state index contributed by atoms with van der Waals surface area (Å²) >= 11 is 0. The Kier molecular flexibility index (Phi) is 8.22. The molecule has 0 saturated heterocycles. The summed E-state index contributed by atoms with van der Waals surface area (Å²) in [6.45, 7) is 6.02. The second kappa shape index (κ2) is 11.9. The maximum Gasteiger partial charge on any atom is 0.193 e. The summed E-state index contributed by atoms with van der Waals surface area (Å²) in [5.41, 5.74) is 8.66. The first kappa shape index (κ1) is 25.5. The highest BCUT2D eigenvalue weighted by Crippen LogP contribution is 2.20. The molecule has 0 aliphatic carbocycles. The van der Waals surface area contributed by atoms with Crippen molar-refractivity contribution in [1.29, 1.82) is 0 Å². The van der Waals surface area contributed by atoms with Gasteiger partial charge in [-0.05, 0) is 38.0 Å². The summed E-state index contributed by atoms with van der Waals surface area (Å²) in [6, 6.07) is 41.0. The third kappa shape index (κ3) is 6.77. The molecule has 0 fully saturated rings. The molecule has 2 heteroatoms. The Balaban J connectivity index is 0.000000180. The van der Waals surface area contributed by atoms with Crippen molar-refractivity contribution >= 4 is 11.6 Å². The summed E-state index contributed by atoms with van der Waals surface area (Å²) in [6.07, 6.45) is 0. The lowest BCUT2D eigenvalue weighted by molar-refractivity contribution is 0.103. The molecule has 0 N–H and O–H groups in total.